The second kappa shape index (κ2) is 7.19. The monoisotopic (exact) mass is 360 g/mol. The maximum absolute atomic E-state index is 5.93. The second-order valence-electron chi connectivity index (χ2n) is 6.74. The van der Waals surface area contributed by atoms with Crippen molar-refractivity contribution in [3.63, 3.8) is 0 Å². The number of anilines is 1. The van der Waals surface area contributed by atoms with Crippen LogP contribution >= 0.6 is 11.6 Å². The van der Waals surface area contributed by atoms with Crippen molar-refractivity contribution in [1.82, 2.24) is 24.8 Å². The second-order valence-corrected chi connectivity index (χ2v) is 7.18. The number of aromatic nitrogens is 4. The highest BCUT2D eigenvalue weighted by atomic mass is 35.5. The third-order valence-corrected chi connectivity index (χ3v) is 4.84. The zero-order valence-corrected chi connectivity index (χ0v) is 14.9. The van der Waals surface area contributed by atoms with Gasteiger partial charge in [0.25, 0.3) is 0 Å². The minimum atomic E-state index is 0.222. The van der Waals surface area contributed by atoms with Gasteiger partial charge in [-0.15, -0.1) is 0 Å². The standard InChI is InChI=1S/C17H21ClN6O/c1-12-19-2-13(3-20-12)6-23-7-14-8-24(16(9-23)11-25-10-14)17-21-4-15(18)5-22-17/h2-5,14,16H,6-11H2,1H3/t14-,16-/m0/s1. The van der Waals surface area contributed by atoms with Gasteiger partial charge in [0.2, 0.25) is 5.95 Å². The van der Waals surface area contributed by atoms with Crippen molar-refractivity contribution in [3.8, 4) is 0 Å². The lowest BCUT2D eigenvalue weighted by Crippen LogP contribution is -2.44. The molecule has 0 spiro atoms. The van der Waals surface area contributed by atoms with Gasteiger partial charge >= 0.3 is 0 Å². The topological polar surface area (TPSA) is 67.3 Å². The SMILES string of the molecule is Cc1ncc(CN2C[C@@H]3COC[C@H](C2)N(c2ncc(Cl)cn2)C3)cn1. The van der Waals surface area contributed by atoms with Gasteiger partial charge in [0.15, 0.2) is 0 Å². The average molecular weight is 361 g/mol. The molecule has 0 unspecified atom stereocenters. The molecule has 2 atom stereocenters. The summed E-state index contributed by atoms with van der Waals surface area (Å²) in [6, 6.07) is 0.222. The van der Waals surface area contributed by atoms with Crippen LogP contribution in [0.2, 0.25) is 5.02 Å². The Kier molecular flexibility index (Phi) is 4.78. The minimum absolute atomic E-state index is 0.222. The molecule has 4 heterocycles. The maximum atomic E-state index is 5.93. The molecule has 25 heavy (non-hydrogen) atoms. The van der Waals surface area contributed by atoms with Gasteiger partial charge < -0.3 is 9.64 Å². The van der Waals surface area contributed by atoms with Gasteiger partial charge in [0.1, 0.15) is 5.82 Å². The fourth-order valence-electron chi connectivity index (χ4n) is 3.53. The summed E-state index contributed by atoms with van der Waals surface area (Å²) < 4.78 is 5.88. The van der Waals surface area contributed by atoms with Gasteiger partial charge in [-0.05, 0) is 6.92 Å². The van der Waals surface area contributed by atoms with Crippen LogP contribution < -0.4 is 4.90 Å². The molecule has 0 aliphatic carbocycles. The molecule has 0 N–H and O–H groups in total. The van der Waals surface area contributed by atoms with Crippen LogP contribution in [0.4, 0.5) is 5.95 Å². The van der Waals surface area contributed by atoms with Gasteiger partial charge in [0, 0.05) is 50.1 Å². The molecule has 0 amide bonds. The van der Waals surface area contributed by atoms with Crippen molar-refractivity contribution < 1.29 is 4.74 Å². The Morgan fingerprint density at radius 2 is 1.80 bits per heavy atom. The fraction of sp³-hybridized carbons (Fsp3) is 0.529. The third-order valence-electron chi connectivity index (χ3n) is 4.65. The lowest BCUT2D eigenvalue weighted by atomic mass is 10.1. The lowest BCUT2D eigenvalue weighted by molar-refractivity contribution is 0.0626. The van der Waals surface area contributed by atoms with E-state index in [1.165, 1.54) is 0 Å². The van der Waals surface area contributed by atoms with E-state index in [1.807, 2.05) is 19.3 Å². The van der Waals surface area contributed by atoms with E-state index in [-0.39, 0.29) is 6.04 Å². The van der Waals surface area contributed by atoms with E-state index in [0.717, 1.165) is 50.1 Å². The van der Waals surface area contributed by atoms with Crippen molar-refractivity contribution in [2.45, 2.75) is 19.5 Å². The molecule has 2 aliphatic rings. The first-order valence-electron chi connectivity index (χ1n) is 8.49. The molecule has 0 saturated carbocycles. The smallest absolute Gasteiger partial charge is 0.225 e. The highest BCUT2D eigenvalue weighted by molar-refractivity contribution is 6.30. The Morgan fingerprint density at radius 1 is 1.04 bits per heavy atom. The molecule has 2 bridgehead atoms. The first kappa shape index (κ1) is 16.6. The molecular weight excluding hydrogens is 340 g/mol. The number of fused-ring (bicyclic) bond motifs is 3. The lowest BCUT2D eigenvalue weighted by Gasteiger charge is -2.31. The van der Waals surface area contributed by atoms with Crippen LogP contribution in [0, 0.1) is 12.8 Å². The number of rotatable bonds is 3. The van der Waals surface area contributed by atoms with Crippen molar-refractivity contribution in [3.05, 3.63) is 41.2 Å². The summed E-state index contributed by atoms with van der Waals surface area (Å²) in [7, 11) is 0. The van der Waals surface area contributed by atoms with Gasteiger partial charge in [-0.1, -0.05) is 11.6 Å². The zero-order valence-electron chi connectivity index (χ0n) is 14.2. The predicted molar refractivity (Wildman–Crippen MR) is 94.5 cm³/mol. The Morgan fingerprint density at radius 3 is 2.56 bits per heavy atom. The largest absolute Gasteiger partial charge is 0.379 e. The van der Waals surface area contributed by atoms with Gasteiger partial charge in [0.05, 0.1) is 36.7 Å². The van der Waals surface area contributed by atoms with E-state index in [0.29, 0.717) is 17.5 Å². The summed E-state index contributed by atoms with van der Waals surface area (Å²) in [5.74, 6) is 1.94. The van der Waals surface area contributed by atoms with Crippen molar-refractivity contribution in [1.29, 1.82) is 0 Å². The number of hydrogen-bond donors (Lipinski definition) is 0. The molecule has 2 aromatic heterocycles. The Bertz CT molecular complexity index is 710. The number of aryl methyl sites for hydroxylation is 1. The molecule has 0 radical (unpaired) electrons. The summed E-state index contributed by atoms with van der Waals surface area (Å²) in [6.45, 7) is 6.98. The van der Waals surface area contributed by atoms with Crippen LogP contribution in [0.1, 0.15) is 11.4 Å². The summed E-state index contributed by atoms with van der Waals surface area (Å²) in [5.41, 5.74) is 1.14. The van der Waals surface area contributed by atoms with Crippen LogP contribution in [0.3, 0.4) is 0 Å². The maximum Gasteiger partial charge on any atom is 0.225 e. The van der Waals surface area contributed by atoms with E-state index in [2.05, 4.69) is 29.7 Å². The molecule has 2 aliphatic heterocycles. The van der Waals surface area contributed by atoms with Crippen molar-refractivity contribution in [2.75, 3.05) is 37.7 Å². The molecule has 8 heteroatoms. The van der Waals surface area contributed by atoms with E-state index in [9.17, 15) is 0 Å². The first-order valence-corrected chi connectivity index (χ1v) is 8.87. The third kappa shape index (κ3) is 3.89. The molecule has 2 saturated heterocycles. The van der Waals surface area contributed by atoms with Crippen LogP contribution in [-0.2, 0) is 11.3 Å². The summed E-state index contributed by atoms with van der Waals surface area (Å²) >= 11 is 5.93. The van der Waals surface area contributed by atoms with E-state index >= 15 is 0 Å². The van der Waals surface area contributed by atoms with Crippen LogP contribution in [0.25, 0.3) is 0 Å². The Balaban J connectivity index is 1.53. The Labute approximate surface area is 152 Å². The molecule has 0 aromatic carbocycles. The van der Waals surface area contributed by atoms with Crippen LogP contribution in [0.15, 0.2) is 24.8 Å². The van der Waals surface area contributed by atoms with Crippen molar-refractivity contribution in [2.24, 2.45) is 5.92 Å². The van der Waals surface area contributed by atoms with E-state index in [1.54, 1.807) is 12.4 Å². The molecular formula is C17H21ClN6O. The number of ether oxygens (including phenoxy) is 1. The van der Waals surface area contributed by atoms with Gasteiger partial charge in [-0.2, -0.15) is 0 Å². The normalized spacial score (nSPS) is 24.2. The van der Waals surface area contributed by atoms with Gasteiger partial charge in [-0.3, -0.25) is 4.90 Å². The number of halogens is 1. The number of nitrogens with zero attached hydrogens (tertiary/aromatic N) is 6. The molecule has 4 rings (SSSR count). The molecule has 2 fully saturated rings. The van der Waals surface area contributed by atoms with E-state index in [4.69, 9.17) is 16.3 Å². The molecule has 7 nitrogen and oxygen atoms in total. The van der Waals surface area contributed by atoms with Crippen LogP contribution in [-0.4, -0.2) is 63.7 Å². The van der Waals surface area contributed by atoms with Crippen molar-refractivity contribution >= 4 is 17.5 Å². The van der Waals surface area contributed by atoms with Crippen LogP contribution in [0.5, 0.6) is 0 Å². The minimum Gasteiger partial charge on any atom is -0.379 e. The zero-order chi connectivity index (χ0) is 17.2. The quantitative estimate of drug-likeness (QED) is 0.822. The summed E-state index contributed by atoms with van der Waals surface area (Å²) in [5, 5.41) is 0.554. The predicted octanol–water partition coefficient (Wildman–Crippen LogP) is 1.57. The van der Waals surface area contributed by atoms with E-state index < -0.39 is 0 Å². The first-order chi connectivity index (χ1) is 12.2. The molecule has 2 aromatic rings. The Hall–Kier alpha value is -1.83. The fourth-order valence-corrected chi connectivity index (χ4v) is 3.62. The molecule has 132 valence electrons. The number of hydrogen-bond acceptors (Lipinski definition) is 7. The highest BCUT2D eigenvalue weighted by Gasteiger charge is 2.34. The average Bonchev–Trinajstić information content (AvgIpc) is 2.88. The summed E-state index contributed by atoms with van der Waals surface area (Å²) in [6.07, 6.45) is 7.14. The van der Waals surface area contributed by atoms with Gasteiger partial charge in [-0.25, -0.2) is 19.9 Å². The highest BCUT2D eigenvalue weighted by Crippen LogP contribution is 2.24. The summed E-state index contributed by atoms with van der Waals surface area (Å²) in [4.78, 5) is 22.2.